The molecule has 0 radical (unpaired) electrons. The maximum absolute atomic E-state index is 12.5. The number of nitrogens with zero attached hydrogens (tertiary/aromatic N) is 1. The zero-order valence-electron chi connectivity index (χ0n) is 4.94. The highest BCUT2D eigenvalue weighted by atomic mass is 35.5. The lowest BCUT2D eigenvalue weighted by molar-refractivity contribution is 0.629. The Hall–Kier alpha value is -1.07. The van der Waals surface area contributed by atoms with Crippen LogP contribution in [0.4, 0.5) is 10.1 Å². The van der Waals surface area contributed by atoms with Gasteiger partial charge in [-0.15, -0.1) is 0 Å². The molecule has 0 aliphatic heterocycles. The van der Waals surface area contributed by atoms with E-state index in [-0.39, 0.29) is 10.7 Å². The predicted octanol–water partition coefficient (Wildman–Crippen LogP) is 3.03. The Labute approximate surface area is 62.9 Å². The van der Waals surface area contributed by atoms with Crippen LogP contribution in [0.25, 0.3) is 4.85 Å². The van der Waals surface area contributed by atoms with Crippen LogP contribution in [-0.4, -0.2) is 0 Å². The maximum atomic E-state index is 12.5. The van der Waals surface area contributed by atoms with Gasteiger partial charge in [-0.2, -0.15) is 0 Å². The molecule has 0 fully saturated rings. The van der Waals surface area contributed by atoms with Crippen molar-refractivity contribution in [1.82, 2.24) is 0 Å². The lowest BCUT2D eigenvalue weighted by Gasteiger charge is -1.91. The van der Waals surface area contributed by atoms with Crippen LogP contribution in [0.3, 0.4) is 0 Å². The number of benzene rings is 1. The lowest BCUT2D eigenvalue weighted by atomic mass is 10.3. The third-order valence-electron chi connectivity index (χ3n) is 1.03. The first kappa shape index (κ1) is 7.04. The molecule has 0 aliphatic carbocycles. The monoisotopic (exact) mass is 155 g/mol. The van der Waals surface area contributed by atoms with Crippen molar-refractivity contribution in [3.05, 3.63) is 40.5 Å². The van der Waals surface area contributed by atoms with Crippen molar-refractivity contribution in [3.63, 3.8) is 0 Å². The Morgan fingerprint density at radius 1 is 1.50 bits per heavy atom. The van der Waals surface area contributed by atoms with Crippen LogP contribution in [-0.2, 0) is 0 Å². The number of halogens is 2. The highest BCUT2D eigenvalue weighted by Gasteiger charge is 1.98. The van der Waals surface area contributed by atoms with Crippen LogP contribution in [0.1, 0.15) is 0 Å². The molecular weight excluding hydrogens is 153 g/mol. The van der Waals surface area contributed by atoms with E-state index in [2.05, 4.69) is 4.85 Å². The van der Waals surface area contributed by atoms with Crippen LogP contribution in [0.5, 0.6) is 0 Å². The molecule has 0 bridgehead atoms. The third-order valence-corrected chi connectivity index (χ3v) is 1.34. The fourth-order valence-electron chi connectivity index (χ4n) is 0.555. The van der Waals surface area contributed by atoms with Crippen molar-refractivity contribution in [2.24, 2.45) is 0 Å². The highest BCUT2D eigenvalue weighted by Crippen LogP contribution is 2.20. The van der Waals surface area contributed by atoms with Crippen molar-refractivity contribution in [3.8, 4) is 0 Å². The van der Waals surface area contributed by atoms with Crippen LogP contribution >= 0.6 is 11.6 Å². The van der Waals surface area contributed by atoms with E-state index in [1.165, 1.54) is 12.1 Å². The van der Waals surface area contributed by atoms with Gasteiger partial charge in [0.05, 0.1) is 11.6 Å². The Morgan fingerprint density at radius 2 is 2.20 bits per heavy atom. The smallest absolute Gasteiger partial charge is 0.190 e. The molecule has 3 heteroatoms. The van der Waals surface area contributed by atoms with Gasteiger partial charge >= 0.3 is 0 Å². The van der Waals surface area contributed by atoms with Crippen molar-refractivity contribution >= 4 is 17.3 Å². The second-order valence-electron chi connectivity index (χ2n) is 1.71. The third kappa shape index (κ3) is 1.26. The van der Waals surface area contributed by atoms with Gasteiger partial charge in [0.25, 0.3) is 0 Å². The molecule has 1 nitrogen and oxygen atoms in total. The molecule has 50 valence electrons. The largest absolute Gasteiger partial charge is 0.238 e. The quantitative estimate of drug-likeness (QED) is 0.508. The maximum Gasteiger partial charge on any atom is 0.190 e. The van der Waals surface area contributed by atoms with Gasteiger partial charge in [-0.25, -0.2) is 9.24 Å². The lowest BCUT2D eigenvalue weighted by Crippen LogP contribution is -1.72. The SMILES string of the molecule is [C-]#[N+]c1ccc(Cl)c(F)c1. The molecule has 10 heavy (non-hydrogen) atoms. The van der Waals surface area contributed by atoms with Crippen molar-refractivity contribution in [2.75, 3.05) is 0 Å². The van der Waals surface area contributed by atoms with E-state index in [0.717, 1.165) is 6.07 Å². The second-order valence-corrected chi connectivity index (χ2v) is 2.12. The Bertz CT molecular complexity index is 290. The molecule has 0 aliphatic rings. The summed E-state index contributed by atoms with van der Waals surface area (Å²) in [4.78, 5) is 3.02. The van der Waals surface area contributed by atoms with Crippen molar-refractivity contribution < 1.29 is 4.39 Å². The molecule has 0 atom stereocenters. The Kier molecular flexibility index (Phi) is 1.88. The molecule has 1 rings (SSSR count). The van der Waals surface area contributed by atoms with Gasteiger partial charge in [0.2, 0.25) is 0 Å². The molecule has 0 saturated heterocycles. The molecule has 0 N–H and O–H groups in total. The van der Waals surface area contributed by atoms with E-state index in [0.29, 0.717) is 0 Å². The molecule has 0 heterocycles. The fraction of sp³-hybridized carbons (Fsp3) is 0. The predicted molar refractivity (Wildman–Crippen MR) is 37.7 cm³/mol. The van der Waals surface area contributed by atoms with Crippen LogP contribution in [0.15, 0.2) is 18.2 Å². The second kappa shape index (κ2) is 2.68. The topological polar surface area (TPSA) is 4.36 Å². The minimum atomic E-state index is -0.546. The Balaban J connectivity index is 3.20. The van der Waals surface area contributed by atoms with Crippen molar-refractivity contribution in [2.45, 2.75) is 0 Å². The molecular formula is C7H3ClFN. The molecule has 0 saturated carbocycles. The summed E-state index contributed by atoms with van der Waals surface area (Å²) in [5, 5.41) is 0.0485. The normalized spacial score (nSPS) is 8.90. The molecule has 1 aromatic carbocycles. The van der Waals surface area contributed by atoms with Gasteiger partial charge in [-0.05, 0) is 6.07 Å². The van der Waals surface area contributed by atoms with E-state index < -0.39 is 5.82 Å². The minimum absolute atomic E-state index is 0.0485. The highest BCUT2D eigenvalue weighted by molar-refractivity contribution is 6.30. The summed E-state index contributed by atoms with van der Waals surface area (Å²) in [6.07, 6.45) is 0. The van der Waals surface area contributed by atoms with Crippen LogP contribution in [0, 0.1) is 12.4 Å². The molecule has 0 aromatic heterocycles. The summed E-state index contributed by atoms with van der Waals surface area (Å²) in [6.45, 7) is 6.53. The summed E-state index contributed by atoms with van der Waals surface area (Å²) in [5.74, 6) is -0.546. The van der Waals surface area contributed by atoms with Gasteiger partial charge < -0.3 is 0 Å². The van der Waals surface area contributed by atoms with E-state index in [4.69, 9.17) is 18.2 Å². The summed E-state index contributed by atoms with van der Waals surface area (Å²) >= 11 is 5.36. The average molecular weight is 156 g/mol. The molecule has 0 spiro atoms. The summed E-state index contributed by atoms with van der Waals surface area (Å²) < 4.78 is 12.5. The minimum Gasteiger partial charge on any atom is -0.238 e. The van der Waals surface area contributed by atoms with Gasteiger partial charge in [0.1, 0.15) is 5.82 Å². The van der Waals surface area contributed by atoms with Crippen LogP contribution in [0.2, 0.25) is 5.02 Å². The Morgan fingerprint density at radius 3 is 2.70 bits per heavy atom. The molecule has 0 amide bonds. The van der Waals surface area contributed by atoms with Crippen molar-refractivity contribution in [1.29, 1.82) is 0 Å². The van der Waals surface area contributed by atoms with Gasteiger partial charge in [-0.1, -0.05) is 23.7 Å². The van der Waals surface area contributed by atoms with E-state index >= 15 is 0 Å². The average Bonchev–Trinajstić information content (AvgIpc) is 1.95. The fourth-order valence-corrected chi connectivity index (χ4v) is 0.672. The first-order valence-electron chi connectivity index (χ1n) is 2.56. The number of rotatable bonds is 0. The molecule has 1 aromatic rings. The first-order chi connectivity index (χ1) is 4.74. The van der Waals surface area contributed by atoms with E-state index in [1.807, 2.05) is 0 Å². The van der Waals surface area contributed by atoms with Crippen LogP contribution < -0.4 is 0 Å². The molecule has 0 unspecified atom stereocenters. The van der Waals surface area contributed by atoms with E-state index in [9.17, 15) is 4.39 Å². The standard InChI is InChI=1S/C7H3ClFN/c1-10-5-2-3-6(8)7(9)4-5/h2-4H. The van der Waals surface area contributed by atoms with E-state index in [1.54, 1.807) is 0 Å². The number of hydrogen-bond acceptors (Lipinski definition) is 0. The number of hydrogen-bond donors (Lipinski definition) is 0. The zero-order valence-corrected chi connectivity index (χ0v) is 5.69. The van der Waals surface area contributed by atoms with Gasteiger partial charge in [0, 0.05) is 0 Å². The summed E-state index contributed by atoms with van der Waals surface area (Å²) in [7, 11) is 0. The zero-order chi connectivity index (χ0) is 7.56. The summed E-state index contributed by atoms with van der Waals surface area (Å²) in [5.41, 5.74) is 0.266. The van der Waals surface area contributed by atoms with Gasteiger partial charge in [-0.3, -0.25) is 0 Å². The first-order valence-corrected chi connectivity index (χ1v) is 2.94. The van der Waals surface area contributed by atoms with Gasteiger partial charge in [0.15, 0.2) is 5.69 Å². The summed E-state index contributed by atoms with van der Waals surface area (Å²) in [6, 6.07) is 3.94.